The first-order chi connectivity index (χ1) is 17.0. The molecule has 0 bridgehead atoms. The molecular formula is C26H20Cl2N2O5. The first-order valence-electron chi connectivity index (χ1n) is 10.5. The fourth-order valence-electron chi connectivity index (χ4n) is 3.55. The van der Waals surface area contributed by atoms with Crippen LogP contribution in [0.2, 0.25) is 10.0 Å². The van der Waals surface area contributed by atoms with Crippen LogP contribution in [0.3, 0.4) is 0 Å². The molecule has 0 fully saturated rings. The zero-order chi connectivity index (χ0) is 24.9. The molecule has 178 valence electrons. The van der Waals surface area contributed by atoms with Crippen molar-refractivity contribution >= 4 is 35.1 Å². The van der Waals surface area contributed by atoms with Crippen molar-refractivity contribution in [1.29, 1.82) is 0 Å². The Labute approximate surface area is 211 Å². The van der Waals surface area contributed by atoms with E-state index in [9.17, 15) is 9.59 Å². The van der Waals surface area contributed by atoms with E-state index in [-0.39, 0.29) is 23.6 Å². The molecule has 4 aromatic rings. The highest BCUT2D eigenvalue weighted by atomic mass is 35.5. The van der Waals surface area contributed by atoms with E-state index in [0.29, 0.717) is 32.6 Å². The Hall–Kier alpha value is -3.81. The molecule has 1 heterocycles. The highest BCUT2D eigenvalue weighted by molar-refractivity contribution is 6.35. The predicted molar refractivity (Wildman–Crippen MR) is 132 cm³/mol. The van der Waals surface area contributed by atoms with Gasteiger partial charge in [-0.3, -0.25) is 0 Å². The molecule has 0 atom stereocenters. The van der Waals surface area contributed by atoms with Gasteiger partial charge in [-0.05, 0) is 36.4 Å². The smallest absolute Gasteiger partial charge is 0.357 e. The number of rotatable bonds is 7. The van der Waals surface area contributed by atoms with Crippen LogP contribution in [0.4, 0.5) is 0 Å². The van der Waals surface area contributed by atoms with E-state index in [4.69, 9.17) is 37.4 Å². The van der Waals surface area contributed by atoms with Gasteiger partial charge in [0.05, 0.1) is 19.9 Å². The number of carbonyl (C=O) groups excluding carboxylic acids is 2. The number of esters is 2. The number of hydrogen-bond acceptors (Lipinski definition) is 6. The molecule has 9 heteroatoms. The van der Waals surface area contributed by atoms with Crippen molar-refractivity contribution in [2.75, 3.05) is 14.2 Å². The lowest BCUT2D eigenvalue weighted by Gasteiger charge is -2.13. The third kappa shape index (κ3) is 4.87. The van der Waals surface area contributed by atoms with Crippen LogP contribution in [0.1, 0.15) is 26.4 Å². The number of carbonyl (C=O) groups is 2. The summed E-state index contributed by atoms with van der Waals surface area (Å²) in [7, 11) is 2.46. The summed E-state index contributed by atoms with van der Waals surface area (Å²) in [6.45, 7) is 0.0757. The highest BCUT2D eigenvalue weighted by Gasteiger charge is 2.32. The van der Waals surface area contributed by atoms with Gasteiger partial charge in [0.1, 0.15) is 23.6 Å². The number of aromatic nitrogens is 2. The predicted octanol–water partition coefficient (Wildman–Crippen LogP) is 6.00. The van der Waals surface area contributed by atoms with E-state index in [1.54, 1.807) is 66.7 Å². The van der Waals surface area contributed by atoms with Crippen molar-refractivity contribution in [3.05, 3.63) is 99.7 Å². The van der Waals surface area contributed by atoms with Crippen LogP contribution in [-0.2, 0) is 16.1 Å². The van der Waals surface area contributed by atoms with E-state index in [1.165, 1.54) is 18.9 Å². The van der Waals surface area contributed by atoms with Gasteiger partial charge < -0.3 is 14.2 Å². The molecule has 3 aromatic carbocycles. The van der Waals surface area contributed by atoms with Crippen LogP contribution in [0.25, 0.3) is 16.9 Å². The number of nitrogens with zero attached hydrogens (tertiary/aromatic N) is 2. The van der Waals surface area contributed by atoms with Gasteiger partial charge in [0.15, 0.2) is 5.69 Å². The standard InChI is InChI=1S/C26H20Cl2N2O5/c1-33-25(31)22-23(29-30(24(22)26(32)34-2)16-9-4-3-5-10-16)17-11-6-7-14-21(17)35-15-18-19(27)12-8-13-20(18)28/h3-14H,15H2,1-2H3. The normalized spacial score (nSPS) is 10.6. The Bertz CT molecular complexity index is 1370. The Kier molecular flexibility index (Phi) is 7.39. The fraction of sp³-hybridized carbons (Fsp3) is 0.115. The minimum atomic E-state index is -0.744. The van der Waals surface area contributed by atoms with Gasteiger partial charge in [0.2, 0.25) is 0 Å². The maximum atomic E-state index is 12.9. The summed E-state index contributed by atoms with van der Waals surface area (Å²) < 4.78 is 17.4. The molecule has 0 N–H and O–H groups in total. The Morgan fingerprint density at radius 1 is 0.829 bits per heavy atom. The number of ether oxygens (including phenoxy) is 3. The second-order valence-electron chi connectivity index (χ2n) is 7.29. The molecule has 0 unspecified atom stereocenters. The molecule has 0 amide bonds. The topological polar surface area (TPSA) is 79.7 Å². The van der Waals surface area contributed by atoms with Crippen molar-refractivity contribution in [3.63, 3.8) is 0 Å². The third-order valence-electron chi connectivity index (χ3n) is 5.23. The van der Waals surface area contributed by atoms with E-state index in [0.717, 1.165) is 0 Å². The summed E-state index contributed by atoms with van der Waals surface area (Å²) >= 11 is 12.6. The van der Waals surface area contributed by atoms with Crippen LogP contribution in [0.15, 0.2) is 72.8 Å². The average Bonchev–Trinajstić information content (AvgIpc) is 3.29. The molecule has 0 radical (unpaired) electrons. The van der Waals surface area contributed by atoms with Gasteiger partial charge >= 0.3 is 11.9 Å². The monoisotopic (exact) mass is 510 g/mol. The molecule has 4 rings (SSSR count). The van der Waals surface area contributed by atoms with Crippen LogP contribution in [0.5, 0.6) is 5.75 Å². The van der Waals surface area contributed by atoms with Crippen molar-refractivity contribution in [2.45, 2.75) is 6.61 Å². The van der Waals surface area contributed by atoms with Gasteiger partial charge in [0.25, 0.3) is 0 Å². The van der Waals surface area contributed by atoms with Crippen LogP contribution in [-0.4, -0.2) is 35.9 Å². The van der Waals surface area contributed by atoms with Crippen LogP contribution < -0.4 is 4.74 Å². The number of methoxy groups -OCH3 is 2. The number of halogens is 2. The summed E-state index contributed by atoms with van der Waals surface area (Å²) in [5.41, 5.74) is 1.73. The highest BCUT2D eigenvalue weighted by Crippen LogP contribution is 2.36. The molecule has 0 aliphatic heterocycles. The van der Waals surface area contributed by atoms with E-state index < -0.39 is 11.9 Å². The Balaban J connectivity index is 1.88. The van der Waals surface area contributed by atoms with Gasteiger partial charge in [-0.15, -0.1) is 0 Å². The van der Waals surface area contributed by atoms with Gasteiger partial charge in [-0.25, -0.2) is 14.3 Å². The maximum Gasteiger partial charge on any atom is 0.357 e. The zero-order valence-electron chi connectivity index (χ0n) is 18.8. The first kappa shape index (κ1) is 24.3. The second-order valence-corrected chi connectivity index (χ2v) is 8.10. The van der Waals surface area contributed by atoms with E-state index in [1.807, 2.05) is 6.07 Å². The summed E-state index contributed by atoms with van der Waals surface area (Å²) in [6.07, 6.45) is 0. The van der Waals surface area contributed by atoms with Gasteiger partial charge in [0, 0.05) is 21.2 Å². The fourth-order valence-corrected chi connectivity index (χ4v) is 4.06. The third-order valence-corrected chi connectivity index (χ3v) is 5.94. The lowest BCUT2D eigenvalue weighted by atomic mass is 10.0. The Morgan fingerprint density at radius 2 is 1.46 bits per heavy atom. The quantitative estimate of drug-likeness (QED) is 0.283. The molecule has 0 aliphatic carbocycles. The van der Waals surface area contributed by atoms with Crippen molar-refractivity contribution in [1.82, 2.24) is 9.78 Å². The molecule has 0 spiro atoms. The van der Waals surface area contributed by atoms with Gasteiger partial charge in [-0.1, -0.05) is 59.6 Å². The Morgan fingerprint density at radius 3 is 2.11 bits per heavy atom. The second kappa shape index (κ2) is 10.6. The van der Waals surface area contributed by atoms with Crippen molar-refractivity contribution in [2.24, 2.45) is 0 Å². The van der Waals surface area contributed by atoms with Crippen LogP contribution in [0, 0.1) is 0 Å². The SMILES string of the molecule is COC(=O)c1c(-c2ccccc2OCc2c(Cl)cccc2Cl)nn(-c2ccccc2)c1C(=O)OC. The minimum Gasteiger partial charge on any atom is -0.488 e. The number of para-hydroxylation sites is 2. The number of hydrogen-bond donors (Lipinski definition) is 0. The van der Waals surface area contributed by atoms with Crippen LogP contribution >= 0.6 is 23.2 Å². The molecule has 0 aliphatic rings. The molecule has 35 heavy (non-hydrogen) atoms. The maximum absolute atomic E-state index is 12.9. The molecule has 7 nitrogen and oxygen atoms in total. The molecule has 1 aromatic heterocycles. The lowest BCUT2D eigenvalue weighted by molar-refractivity contribution is 0.0549. The zero-order valence-corrected chi connectivity index (χ0v) is 20.3. The van der Waals surface area contributed by atoms with E-state index >= 15 is 0 Å². The average molecular weight is 511 g/mol. The summed E-state index contributed by atoms with van der Waals surface area (Å²) in [5, 5.41) is 5.55. The summed E-state index contributed by atoms with van der Waals surface area (Å²) in [5.74, 6) is -1.08. The van der Waals surface area contributed by atoms with Crippen molar-refractivity contribution in [3.8, 4) is 22.7 Å². The molecule has 0 saturated heterocycles. The first-order valence-corrected chi connectivity index (χ1v) is 11.2. The molecule has 0 saturated carbocycles. The lowest BCUT2D eigenvalue weighted by Crippen LogP contribution is -2.15. The minimum absolute atomic E-state index is 0.0463. The van der Waals surface area contributed by atoms with E-state index in [2.05, 4.69) is 5.10 Å². The summed E-state index contributed by atoms with van der Waals surface area (Å²) in [4.78, 5) is 25.7. The van der Waals surface area contributed by atoms with Gasteiger partial charge in [-0.2, -0.15) is 5.10 Å². The largest absolute Gasteiger partial charge is 0.488 e. The van der Waals surface area contributed by atoms with Crippen molar-refractivity contribution < 1.29 is 23.8 Å². The summed E-state index contributed by atoms with van der Waals surface area (Å²) in [6, 6.07) is 21.1. The molecular weight excluding hydrogens is 491 g/mol. The number of benzene rings is 3.